The van der Waals surface area contributed by atoms with Crippen molar-refractivity contribution in [2.24, 2.45) is 0 Å². The summed E-state index contributed by atoms with van der Waals surface area (Å²) in [6.07, 6.45) is 0. The number of hydrogen-bond acceptors (Lipinski definition) is 0. The first kappa shape index (κ1) is 6.78. The molecule has 0 rings (SSSR count). The van der Waals surface area contributed by atoms with Crippen molar-refractivity contribution in [3.05, 3.63) is 0 Å². The summed E-state index contributed by atoms with van der Waals surface area (Å²) in [7, 11) is 17.0. The molecule has 0 aliphatic heterocycles. The van der Waals surface area contributed by atoms with E-state index in [1.807, 2.05) is 0 Å². The molecule has 0 nitrogen and oxygen atoms in total. The van der Waals surface area contributed by atoms with Crippen LogP contribution in [0.15, 0.2) is 0 Å². The van der Waals surface area contributed by atoms with Crippen molar-refractivity contribution < 1.29 is 10.8 Å². The van der Waals surface area contributed by atoms with Crippen LogP contribution in [-0.2, 0) is 10.8 Å². The van der Waals surface area contributed by atoms with E-state index in [-0.39, 0.29) is 0 Å². The van der Waals surface area contributed by atoms with E-state index in [4.69, 9.17) is 38.8 Å². The molecule has 5 heavy (non-hydrogen) atoms. The van der Waals surface area contributed by atoms with Crippen LogP contribution in [0.3, 0.4) is 0 Å². The second kappa shape index (κ2) is 2.18. The fraction of sp³-hybridized carbons (Fsp3) is 0. The zero-order valence-corrected chi connectivity index (χ0v) is 6.63. The number of halogens is 4. The zero-order valence-electron chi connectivity index (χ0n) is 1.87. The molecule has 0 aliphatic carbocycles. The Morgan fingerprint density at radius 1 is 0.800 bits per heavy atom. The third kappa shape index (κ3) is 26.0. The summed E-state index contributed by atoms with van der Waals surface area (Å²) in [5.74, 6) is 0. The van der Waals surface area contributed by atoms with Crippen LogP contribution < -0.4 is 0 Å². The molecule has 0 bridgehead atoms. The quantitative estimate of drug-likeness (QED) is 0.573. The SMILES string of the molecule is [Cl][Ru-2]([Cl])([Cl])[Cl]. The van der Waals surface area contributed by atoms with Crippen LogP contribution in [0.4, 0.5) is 0 Å². The molecule has 0 N–H and O–H groups in total. The zero-order chi connectivity index (χ0) is 4.50. The molecule has 0 radical (unpaired) electrons. The van der Waals surface area contributed by atoms with Crippen LogP contribution in [0.1, 0.15) is 0 Å². The second-order valence-electron chi connectivity index (χ2n) is 0.303. The molecule has 0 saturated carbocycles. The Hall–Kier alpha value is 1.78. The Morgan fingerprint density at radius 3 is 0.800 bits per heavy atom. The second-order valence-corrected chi connectivity index (χ2v) is 16.1. The average Bonchev–Trinajstić information content (AvgIpc) is 0.722. The van der Waals surface area contributed by atoms with Crippen LogP contribution >= 0.6 is 38.8 Å². The van der Waals surface area contributed by atoms with Gasteiger partial charge in [0.15, 0.2) is 0 Å². The van der Waals surface area contributed by atoms with Crippen LogP contribution in [-0.4, -0.2) is 0 Å². The van der Waals surface area contributed by atoms with Crippen LogP contribution in [0.25, 0.3) is 0 Å². The van der Waals surface area contributed by atoms with Gasteiger partial charge in [0.05, 0.1) is 0 Å². The summed E-state index contributed by atoms with van der Waals surface area (Å²) in [4.78, 5) is 0. The van der Waals surface area contributed by atoms with E-state index in [0.29, 0.717) is 0 Å². The monoisotopic (exact) mass is 242 g/mol. The Morgan fingerprint density at radius 2 is 0.800 bits per heavy atom. The molecule has 38 valence electrons. The van der Waals surface area contributed by atoms with E-state index < -0.39 is 10.8 Å². The van der Waals surface area contributed by atoms with E-state index in [9.17, 15) is 0 Å². The molecule has 0 fully saturated rings. The van der Waals surface area contributed by atoms with Gasteiger partial charge in [-0.3, -0.25) is 0 Å². The Labute approximate surface area is 49.3 Å². The number of rotatable bonds is 0. The van der Waals surface area contributed by atoms with Gasteiger partial charge in [0.25, 0.3) is 0 Å². The predicted molar refractivity (Wildman–Crippen MR) is 23.4 cm³/mol. The van der Waals surface area contributed by atoms with Crippen molar-refractivity contribution in [1.29, 1.82) is 0 Å². The van der Waals surface area contributed by atoms with Crippen molar-refractivity contribution in [3.63, 3.8) is 0 Å². The molecule has 0 aromatic carbocycles. The average molecular weight is 243 g/mol. The van der Waals surface area contributed by atoms with Crippen LogP contribution in [0.5, 0.6) is 0 Å². The summed E-state index contributed by atoms with van der Waals surface area (Å²) >= 11 is 0. The van der Waals surface area contributed by atoms with E-state index in [0.717, 1.165) is 0 Å². The van der Waals surface area contributed by atoms with E-state index in [1.54, 1.807) is 0 Å². The molecule has 0 saturated heterocycles. The van der Waals surface area contributed by atoms with Crippen molar-refractivity contribution >= 4 is 38.8 Å². The van der Waals surface area contributed by atoms with Crippen LogP contribution in [0.2, 0.25) is 0 Å². The minimum absolute atomic E-state index is 2.97. The summed E-state index contributed by atoms with van der Waals surface area (Å²) in [5.41, 5.74) is 0. The Bertz CT molecular complexity index is 19.1. The van der Waals surface area contributed by atoms with E-state index in [2.05, 4.69) is 0 Å². The summed E-state index contributed by atoms with van der Waals surface area (Å²) in [5, 5.41) is 0. The first-order valence-electron chi connectivity index (χ1n) is 0.535. The van der Waals surface area contributed by atoms with Gasteiger partial charge in [-0.05, 0) is 0 Å². The summed E-state index contributed by atoms with van der Waals surface area (Å²) < 4.78 is 0. The third-order valence-corrected chi connectivity index (χ3v) is 0. The Kier molecular flexibility index (Phi) is 2.96. The van der Waals surface area contributed by atoms with Gasteiger partial charge in [-0.2, -0.15) is 0 Å². The molecular weight excluding hydrogens is 243 g/mol. The topological polar surface area (TPSA) is 0 Å². The van der Waals surface area contributed by atoms with Crippen molar-refractivity contribution in [2.45, 2.75) is 0 Å². The number of hydrogen-bond donors (Lipinski definition) is 0. The molecule has 0 aliphatic rings. The van der Waals surface area contributed by atoms with Gasteiger partial charge in [-0.1, -0.05) is 0 Å². The summed E-state index contributed by atoms with van der Waals surface area (Å²) in [6.45, 7) is 0. The molecule has 0 aromatic rings. The molecule has 0 aromatic heterocycles. The molecule has 0 heterocycles. The van der Waals surface area contributed by atoms with Crippen LogP contribution in [0, 0.1) is 0 Å². The third-order valence-electron chi connectivity index (χ3n) is 0. The van der Waals surface area contributed by atoms with Crippen molar-refractivity contribution in [2.75, 3.05) is 0 Å². The van der Waals surface area contributed by atoms with Gasteiger partial charge in [-0.25, -0.2) is 0 Å². The maximum absolute atomic E-state index is 5.00. The normalized spacial score (nSPS) is 15.2. The predicted octanol–water partition coefficient (Wildman–Crippen LogP) is 2.76. The standard InChI is InChI=1S/4ClH.Ru/h4*1H;/q;;;;+2/p-4. The first-order valence-corrected chi connectivity index (χ1v) is 9.49. The van der Waals surface area contributed by atoms with Gasteiger partial charge < -0.3 is 0 Å². The van der Waals surface area contributed by atoms with E-state index >= 15 is 0 Å². The van der Waals surface area contributed by atoms with Gasteiger partial charge in [-0.15, -0.1) is 0 Å². The van der Waals surface area contributed by atoms with Gasteiger partial charge in [0, 0.05) is 0 Å². The van der Waals surface area contributed by atoms with Gasteiger partial charge in [0.1, 0.15) is 0 Å². The van der Waals surface area contributed by atoms with Gasteiger partial charge >= 0.3 is 49.6 Å². The molecule has 5 heteroatoms. The maximum atomic E-state index is 5.00. The molecule has 0 unspecified atom stereocenters. The van der Waals surface area contributed by atoms with E-state index in [1.165, 1.54) is 0 Å². The van der Waals surface area contributed by atoms with Crippen molar-refractivity contribution in [1.82, 2.24) is 0 Å². The molecule has 0 amide bonds. The molecular formula is Cl4Ru-2. The Balaban J connectivity index is 3.02. The molecule has 0 spiro atoms. The minimum atomic E-state index is -2.97. The first-order chi connectivity index (χ1) is 2.00. The van der Waals surface area contributed by atoms with Gasteiger partial charge in [0.2, 0.25) is 0 Å². The van der Waals surface area contributed by atoms with Crippen molar-refractivity contribution in [3.8, 4) is 0 Å². The summed E-state index contributed by atoms with van der Waals surface area (Å²) in [6, 6.07) is 0. The molecule has 0 atom stereocenters. The fourth-order valence-electron chi connectivity index (χ4n) is 0. The fourth-order valence-corrected chi connectivity index (χ4v) is 0.